The van der Waals surface area contributed by atoms with Gasteiger partial charge in [-0.15, -0.1) is 0 Å². The summed E-state index contributed by atoms with van der Waals surface area (Å²) < 4.78 is 0. The summed E-state index contributed by atoms with van der Waals surface area (Å²) in [5.74, 6) is 0.513. The molecule has 0 saturated carbocycles. The van der Waals surface area contributed by atoms with Crippen molar-refractivity contribution in [3.05, 3.63) is 35.9 Å². The molecule has 0 aliphatic carbocycles. The number of carbonyl (C=O) groups is 1. The van der Waals surface area contributed by atoms with Crippen LogP contribution in [0.3, 0.4) is 0 Å². The zero-order chi connectivity index (χ0) is 14.5. The Labute approximate surface area is 120 Å². The van der Waals surface area contributed by atoms with Crippen LogP contribution in [0.4, 0.5) is 0 Å². The van der Waals surface area contributed by atoms with Crippen molar-refractivity contribution in [3.63, 3.8) is 0 Å². The highest BCUT2D eigenvalue weighted by atomic mass is 16.2. The van der Waals surface area contributed by atoms with Crippen LogP contribution in [0, 0.1) is 5.92 Å². The molecule has 1 aliphatic rings. The molecule has 1 aromatic rings. The molecule has 1 amide bonds. The van der Waals surface area contributed by atoms with Crippen molar-refractivity contribution in [3.8, 4) is 0 Å². The van der Waals surface area contributed by atoms with Gasteiger partial charge in [-0.25, -0.2) is 5.43 Å². The van der Waals surface area contributed by atoms with E-state index in [0.717, 1.165) is 12.0 Å². The number of nitrogens with two attached hydrogens (primary N) is 1. The number of carbonyl (C=O) groups excluding carboxylic acids is 1. The highest BCUT2D eigenvalue weighted by Gasteiger charge is 2.30. The maximum Gasteiger partial charge on any atom is 0.238 e. The number of hydrogen-bond acceptors (Lipinski definition) is 4. The van der Waals surface area contributed by atoms with Gasteiger partial charge in [0.1, 0.15) is 6.04 Å². The zero-order valence-corrected chi connectivity index (χ0v) is 12.1. The fourth-order valence-electron chi connectivity index (χ4n) is 2.34. The van der Waals surface area contributed by atoms with Crippen molar-refractivity contribution in [2.24, 2.45) is 11.7 Å². The van der Waals surface area contributed by atoms with E-state index in [0.29, 0.717) is 18.5 Å². The van der Waals surface area contributed by atoms with E-state index >= 15 is 0 Å². The smallest absolute Gasteiger partial charge is 0.238 e. The summed E-state index contributed by atoms with van der Waals surface area (Å²) in [5, 5.41) is 2.92. The first-order valence-corrected chi connectivity index (χ1v) is 7.17. The second kappa shape index (κ2) is 6.83. The molecule has 110 valence electrons. The molecule has 20 heavy (non-hydrogen) atoms. The molecule has 1 fully saturated rings. The summed E-state index contributed by atoms with van der Waals surface area (Å²) in [6.45, 7) is 4.74. The van der Waals surface area contributed by atoms with Crippen LogP contribution in [-0.4, -0.2) is 24.5 Å². The number of benzene rings is 1. The fourth-order valence-corrected chi connectivity index (χ4v) is 2.34. The van der Waals surface area contributed by atoms with Gasteiger partial charge in [-0.2, -0.15) is 0 Å². The lowest BCUT2D eigenvalue weighted by molar-refractivity contribution is -0.122. The molecular formula is C15H24N4O. The van der Waals surface area contributed by atoms with Gasteiger partial charge >= 0.3 is 0 Å². The summed E-state index contributed by atoms with van der Waals surface area (Å²) in [5.41, 5.74) is 13.3. The third-order valence-electron chi connectivity index (χ3n) is 3.78. The van der Waals surface area contributed by atoms with Gasteiger partial charge in [0.15, 0.2) is 0 Å². The van der Waals surface area contributed by atoms with Crippen LogP contribution in [-0.2, 0) is 4.79 Å². The Bertz CT molecular complexity index is 435. The molecule has 0 aromatic heterocycles. The largest absolute Gasteiger partial charge is 0.353 e. The maximum atomic E-state index is 12.1. The van der Waals surface area contributed by atoms with Gasteiger partial charge in [-0.3, -0.25) is 10.2 Å². The van der Waals surface area contributed by atoms with Gasteiger partial charge < -0.3 is 11.1 Å². The van der Waals surface area contributed by atoms with Gasteiger partial charge in [0.25, 0.3) is 0 Å². The normalized spacial score (nSPS) is 23.8. The number of hydrazine groups is 1. The number of hydrogen-bond donors (Lipinski definition) is 4. The lowest BCUT2D eigenvalue weighted by Crippen LogP contribution is -2.45. The molecule has 0 radical (unpaired) electrons. The van der Waals surface area contributed by atoms with Crippen molar-refractivity contribution in [1.29, 1.82) is 0 Å². The molecule has 1 aliphatic heterocycles. The Morgan fingerprint density at radius 1 is 1.35 bits per heavy atom. The molecular weight excluding hydrogens is 252 g/mol. The van der Waals surface area contributed by atoms with Crippen molar-refractivity contribution in [1.82, 2.24) is 16.2 Å². The Hall–Kier alpha value is -1.43. The highest BCUT2D eigenvalue weighted by Crippen LogP contribution is 2.13. The second-order valence-electron chi connectivity index (χ2n) is 5.69. The van der Waals surface area contributed by atoms with E-state index < -0.39 is 0 Å². The zero-order valence-electron chi connectivity index (χ0n) is 12.1. The van der Waals surface area contributed by atoms with E-state index in [9.17, 15) is 4.79 Å². The number of amides is 1. The average Bonchev–Trinajstić information content (AvgIpc) is 2.95. The molecule has 0 spiro atoms. The fraction of sp³-hybridized carbons (Fsp3) is 0.533. The van der Waals surface area contributed by atoms with Crippen molar-refractivity contribution in [2.75, 3.05) is 6.54 Å². The molecule has 5 nitrogen and oxygen atoms in total. The van der Waals surface area contributed by atoms with Crippen LogP contribution < -0.4 is 21.9 Å². The molecule has 5 N–H and O–H groups in total. The van der Waals surface area contributed by atoms with Crippen LogP contribution >= 0.6 is 0 Å². The quantitative estimate of drug-likeness (QED) is 0.638. The van der Waals surface area contributed by atoms with Crippen LogP contribution in [0.15, 0.2) is 30.3 Å². The molecule has 3 atom stereocenters. The van der Waals surface area contributed by atoms with Crippen LogP contribution in [0.1, 0.15) is 31.9 Å². The summed E-state index contributed by atoms with van der Waals surface area (Å²) in [7, 11) is 0. The van der Waals surface area contributed by atoms with Crippen LogP contribution in [0.5, 0.6) is 0 Å². The van der Waals surface area contributed by atoms with E-state index in [-0.39, 0.29) is 18.0 Å². The van der Waals surface area contributed by atoms with E-state index in [1.54, 1.807) is 0 Å². The minimum absolute atomic E-state index is 0.00651. The second-order valence-corrected chi connectivity index (χ2v) is 5.69. The van der Waals surface area contributed by atoms with E-state index in [4.69, 9.17) is 5.73 Å². The topological polar surface area (TPSA) is 79.2 Å². The van der Waals surface area contributed by atoms with Gasteiger partial charge in [0, 0.05) is 18.6 Å². The van der Waals surface area contributed by atoms with E-state index in [1.165, 1.54) is 0 Å². The van der Waals surface area contributed by atoms with Crippen LogP contribution in [0.2, 0.25) is 0 Å². The summed E-state index contributed by atoms with van der Waals surface area (Å²) in [4.78, 5) is 12.1. The Morgan fingerprint density at radius 2 is 2.05 bits per heavy atom. The van der Waals surface area contributed by atoms with E-state index in [2.05, 4.69) is 30.0 Å². The number of nitrogens with one attached hydrogen (secondary N) is 3. The summed E-state index contributed by atoms with van der Waals surface area (Å²) in [6.07, 6.45) is 0.810. The third-order valence-corrected chi connectivity index (χ3v) is 3.78. The minimum Gasteiger partial charge on any atom is -0.353 e. The highest BCUT2D eigenvalue weighted by molar-refractivity contribution is 5.82. The molecule has 2 rings (SSSR count). The van der Waals surface area contributed by atoms with Crippen LogP contribution in [0.25, 0.3) is 0 Å². The molecule has 0 bridgehead atoms. The van der Waals surface area contributed by atoms with Gasteiger partial charge in [-0.1, -0.05) is 44.2 Å². The summed E-state index contributed by atoms with van der Waals surface area (Å²) in [6, 6.07) is 9.80. The van der Waals surface area contributed by atoms with Gasteiger partial charge in [0.2, 0.25) is 5.91 Å². The molecule has 1 heterocycles. The third kappa shape index (κ3) is 3.79. The Balaban J connectivity index is 1.78. The van der Waals surface area contributed by atoms with Gasteiger partial charge in [0.05, 0.1) is 0 Å². The lowest BCUT2D eigenvalue weighted by Gasteiger charge is -2.15. The molecule has 5 heteroatoms. The maximum absolute atomic E-state index is 12.1. The van der Waals surface area contributed by atoms with Crippen molar-refractivity contribution >= 4 is 5.91 Å². The lowest BCUT2D eigenvalue weighted by atomic mass is 9.99. The van der Waals surface area contributed by atoms with E-state index in [1.807, 2.05) is 30.3 Å². The number of rotatable bonds is 5. The van der Waals surface area contributed by atoms with Gasteiger partial charge in [-0.05, 0) is 17.9 Å². The summed E-state index contributed by atoms with van der Waals surface area (Å²) >= 11 is 0. The first kappa shape index (κ1) is 15.0. The molecule has 1 aromatic carbocycles. The van der Waals surface area contributed by atoms with Crippen molar-refractivity contribution in [2.45, 2.75) is 38.4 Å². The average molecular weight is 276 g/mol. The predicted octanol–water partition coefficient (Wildman–Crippen LogP) is 0.694. The standard InChI is InChI=1S/C15H24N4O/c1-10(2)13-8-14(19-18-13)15(20)17-9-12(16)11-6-4-3-5-7-11/h3-7,10,12-14,18-19H,8-9,16H2,1-2H3,(H,17,20). The predicted molar refractivity (Wildman–Crippen MR) is 79.7 cm³/mol. The monoisotopic (exact) mass is 276 g/mol. The molecule has 1 saturated heterocycles. The Kier molecular flexibility index (Phi) is 5.11. The SMILES string of the molecule is CC(C)C1CC(C(=O)NCC(N)c2ccccc2)NN1. The van der Waals surface area contributed by atoms with Crippen molar-refractivity contribution < 1.29 is 4.79 Å². The molecule has 3 unspecified atom stereocenters. The first-order chi connectivity index (χ1) is 9.58. The Morgan fingerprint density at radius 3 is 2.65 bits per heavy atom. The first-order valence-electron chi connectivity index (χ1n) is 7.17. The minimum atomic E-state index is -0.176.